The third-order valence-corrected chi connectivity index (χ3v) is 3.66. The van der Waals surface area contributed by atoms with E-state index in [0.717, 1.165) is 12.8 Å². The highest BCUT2D eigenvalue weighted by atomic mass is 16.3. The van der Waals surface area contributed by atoms with Crippen LogP contribution in [0.5, 0.6) is 0 Å². The highest BCUT2D eigenvalue weighted by molar-refractivity contribution is 5.87. The lowest BCUT2D eigenvalue weighted by atomic mass is 9.92. The van der Waals surface area contributed by atoms with Gasteiger partial charge in [0, 0.05) is 20.1 Å². The van der Waals surface area contributed by atoms with E-state index in [9.17, 15) is 19.5 Å². The minimum absolute atomic E-state index is 0.0836. The number of hydrogen-bond acceptors (Lipinski definition) is 4. The van der Waals surface area contributed by atoms with Crippen molar-refractivity contribution in [3.63, 3.8) is 0 Å². The lowest BCUT2D eigenvalue weighted by Crippen LogP contribution is -2.48. The number of likely N-dealkylation sites (tertiary alicyclic amines) is 1. The second kappa shape index (κ2) is 7.40. The van der Waals surface area contributed by atoms with E-state index in [1.165, 1.54) is 4.90 Å². The third kappa shape index (κ3) is 5.00. The molecule has 3 amide bonds. The largest absolute Gasteiger partial charge is 0.383 e. The van der Waals surface area contributed by atoms with Crippen LogP contribution in [0.25, 0.3) is 0 Å². The second-order valence-electron chi connectivity index (χ2n) is 6.01. The molecule has 0 radical (unpaired) electrons. The molecule has 120 valence electrons. The molecule has 1 rings (SSSR count). The molecule has 0 aromatic rings. The van der Waals surface area contributed by atoms with Crippen LogP contribution in [-0.4, -0.2) is 60.5 Å². The number of hydrogen-bond donors (Lipinski definition) is 3. The zero-order valence-corrected chi connectivity index (χ0v) is 12.9. The normalized spacial score (nSPS) is 19.9. The standard InChI is InChI=1S/C14H25N3O4/c1-14(2,13(21)15-3)9-16-11(19)8-17-7-5-4-6-10(18)12(17)20/h10,18H,4-9H2,1-3H3,(H,15,21)(H,16,19). The smallest absolute Gasteiger partial charge is 0.251 e. The van der Waals surface area contributed by atoms with Crippen LogP contribution in [0, 0.1) is 5.41 Å². The van der Waals surface area contributed by atoms with E-state index in [-0.39, 0.29) is 24.9 Å². The van der Waals surface area contributed by atoms with Crippen molar-refractivity contribution in [3.05, 3.63) is 0 Å². The molecule has 0 aromatic carbocycles. The Balaban J connectivity index is 2.49. The van der Waals surface area contributed by atoms with E-state index in [1.54, 1.807) is 20.9 Å². The molecular weight excluding hydrogens is 274 g/mol. The fourth-order valence-electron chi connectivity index (χ4n) is 2.21. The van der Waals surface area contributed by atoms with Crippen molar-refractivity contribution in [3.8, 4) is 0 Å². The number of nitrogens with zero attached hydrogens (tertiary/aromatic N) is 1. The van der Waals surface area contributed by atoms with Crippen molar-refractivity contribution < 1.29 is 19.5 Å². The quantitative estimate of drug-likeness (QED) is 0.622. The molecule has 0 aromatic heterocycles. The minimum Gasteiger partial charge on any atom is -0.383 e. The van der Waals surface area contributed by atoms with E-state index >= 15 is 0 Å². The number of nitrogens with one attached hydrogen (secondary N) is 2. The molecule has 1 heterocycles. The summed E-state index contributed by atoms with van der Waals surface area (Å²) in [5, 5.41) is 14.8. The van der Waals surface area contributed by atoms with Crippen LogP contribution in [-0.2, 0) is 14.4 Å². The summed E-state index contributed by atoms with van der Waals surface area (Å²) >= 11 is 0. The Morgan fingerprint density at radius 2 is 2.05 bits per heavy atom. The van der Waals surface area contributed by atoms with Crippen molar-refractivity contribution in [2.45, 2.75) is 39.2 Å². The molecule has 7 nitrogen and oxygen atoms in total. The number of rotatable bonds is 5. The SMILES string of the molecule is CNC(=O)C(C)(C)CNC(=O)CN1CCCCC(O)C1=O. The molecule has 0 spiro atoms. The van der Waals surface area contributed by atoms with Crippen molar-refractivity contribution in [1.82, 2.24) is 15.5 Å². The Labute approximate surface area is 125 Å². The Morgan fingerprint density at radius 3 is 2.67 bits per heavy atom. The van der Waals surface area contributed by atoms with Crippen LogP contribution in [0.3, 0.4) is 0 Å². The van der Waals surface area contributed by atoms with E-state index in [4.69, 9.17) is 0 Å². The van der Waals surface area contributed by atoms with Gasteiger partial charge < -0.3 is 20.6 Å². The van der Waals surface area contributed by atoms with Gasteiger partial charge in [0.05, 0.1) is 12.0 Å². The van der Waals surface area contributed by atoms with Gasteiger partial charge in [-0.15, -0.1) is 0 Å². The van der Waals surface area contributed by atoms with Crippen molar-refractivity contribution >= 4 is 17.7 Å². The van der Waals surface area contributed by atoms with Gasteiger partial charge >= 0.3 is 0 Å². The average molecular weight is 299 g/mol. The Morgan fingerprint density at radius 1 is 1.38 bits per heavy atom. The van der Waals surface area contributed by atoms with E-state index in [0.29, 0.717) is 13.0 Å². The first-order chi connectivity index (χ1) is 9.77. The van der Waals surface area contributed by atoms with Gasteiger partial charge in [0.2, 0.25) is 11.8 Å². The number of aliphatic hydroxyl groups is 1. The first kappa shape index (κ1) is 17.4. The van der Waals surface area contributed by atoms with E-state index in [2.05, 4.69) is 10.6 Å². The molecule has 0 aliphatic carbocycles. The summed E-state index contributed by atoms with van der Waals surface area (Å²) in [7, 11) is 1.54. The number of carbonyl (C=O) groups excluding carboxylic acids is 3. The van der Waals surface area contributed by atoms with Gasteiger partial charge in [0.15, 0.2) is 0 Å². The maximum Gasteiger partial charge on any atom is 0.251 e. The predicted octanol–water partition coefficient (Wildman–Crippen LogP) is -0.752. The second-order valence-corrected chi connectivity index (χ2v) is 6.01. The first-order valence-electron chi connectivity index (χ1n) is 7.23. The highest BCUT2D eigenvalue weighted by Gasteiger charge is 2.29. The van der Waals surface area contributed by atoms with Crippen LogP contribution in [0.4, 0.5) is 0 Å². The maximum absolute atomic E-state index is 11.9. The zero-order valence-electron chi connectivity index (χ0n) is 12.9. The van der Waals surface area contributed by atoms with Crippen LogP contribution in [0.1, 0.15) is 33.1 Å². The molecule has 21 heavy (non-hydrogen) atoms. The molecule has 3 N–H and O–H groups in total. The molecule has 0 saturated carbocycles. The lowest BCUT2D eigenvalue weighted by Gasteiger charge is -2.25. The lowest BCUT2D eigenvalue weighted by molar-refractivity contribution is -0.142. The highest BCUT2D eigenvalue weighted by Crippen LogP contribution is 2.14. The molecule has 1 saturated heterocycles. The van der Waals surface area contributed by atoms with Gasteiger partial charge in [-0.3, -0.25) is 14.4 Å². The van der Waals surface area contributed by atoms with Gasteiger partial charge in [-0.2, -0.15) is 0 Å². The topological polar surface area (TPSA) is 98.7 Å². The van der Waals surface area contributed by atoms with Crippen LogP contribution in [0.2, 0.25) is 0 Å². The minimum atomic E-state index is -1.01. The summed E-state index contributed by atoms with van der Waals surface area (Å²) in [6.45, 7) is 4.04. The molecule has 1 aliphatic heterocycles. The van der Waals surface area contributed by atoms with Gasteiger partial charge in [-0.05, 0) is 33.1 Å². The van der Waals surface area contributed by atoms with Crippen LogP contribution < -0.4 is 10.6 Å². The monoisotopic (exact) mass is 299 g/mol. The summed E-state index contributed by atoms with van der Waals surface area (Å²) in [6, 6.07) is 0. The summed E-state index contributed by atoms with van der Waals surface area (Å²) in [4.78, 5) is 36.8. The summed E-state index contributed by atoms with van der Waals surface area (Å²) in [5.41, 5.74) is -0.716. The Bertz CT molecular complexity index is 409. The van der Waals surface area contributed by atoms with Crippen molar-refractivity contribution in [1.29, 1.82) is 0 Å². The van der Waals surface area contributed by atoms with E-state index in [1.807, 2.05) is 0 Å². The maximum atomic E-state index is 11.9. The number of carbonyl (C=O) groups is 3. The Kier molecular flexibility index (Phi) is 6.14. The van der Waals surface area contributed by atoms with Crippen molar-refractivity contribution in [2.24, 2.45) is 5.41 Å². The average Bonchev–Trinajstić information content (AvgIpc) is 2.60. The molecule has 1 atom stereocenters. The van der Waals surface area contributed by atoms with Gasteiger partial charge in [0.25, 0.3) is 5.91 Å². The molecule has 0 bridgehead atoms. The summed E-state index contributed by atoms with van der Waals surface area (Å²) < 4.78 is 0. The van der Waals surface area contributed by atoms with E-state index < -0.39 is 17.4 Å². The number of aliphatic hydroxyl groups excluding tert-OH is 1. The first-order valence-corrected chi connectivity index (χ1v) is 7.23. The summed E-state index contributed by atoms with van der Waals surface area (Å²) in [6.07, 6.45) is 0.984. The molecule has 1 unspecified atom stereocenters. The van der Waals surface area contributed by atoms with Gasteiger partial charge in [0.1, 0.15) is 6.10 Å². The molecule has 1 aliphatic rings. The number of amides is 3. The fraction of sp³-hybridized carbons (Fsp3) is 0.786. The van der Waals surface area contributed by atoms with Crippen LogP contribution in [0.15, 0.2) is 0 Å². The Hall–Kier alpha value is -1.63. The molecular formula is C14H25N3O4. The summed E-state index contributed by atoms with van der Waals surface area (Å²) in [5.74, 6) is -0.883. The van der Waals surface area contributed by atoms with Crippen LogP contribution >= 0.6 is 0 Å². The molecule has 1 fully saturated rings. The van der Waals surface area contributed by atoms with Crippen molar-refractivity contribution in [2.75, 3.05) is 26.7 Å². The third-order valence-electron chi connectivity index (χ3n) is 3.66. The zero-order chi connectivity index (χ0) is 16.0. The van der Waals surface area contributed by atoms with Gasteiger partial charge in [-0.25, -0.2) is 0 Å². The van der Waals surface area contributed by atoms with Gasteiger partial charge in [-0.1, -0.05) is 0 Å². The fourth-order valence-corrected chi connectivity index (χ4v) is 2.21. The molecule has 7 heteroatoms. The predicted molar refractivity (Wildman–Crippen MR) is 77.3 cm³/mol.